The molecule has 0 N–H and O–H groups in total. The lowest BCUT2D eigenvalue weighted by molar-refractivity contribution is 0.168. The molecule has 1 atom stereocenters. The van der Waals surface area contributed by atoms with E-state index in [-0.39, 0.29) is 11.6 Å². The van der Waals surface area contributed by atoms with Gasteiger partial charge in [0.25, 0.3) is 5.56 Å². The van der Waals surface area contributed by atoms with E-state index in [0.717, 1.165) is 32.5 Å². The van der Waals surface area contributed by atoms with Crippen molar-refractivity contribution in [1.82, 2.24) is 24.4 Å². The molecule has 122 valence electrons. The molecule has 4 rings (SSSR count). The van der Waals surface area contributed by atoms with Crippen LogP contribution < -0.4 is 5.56 Å². The monoisotopic (exact) mass is 321 g/mol. The van der Waals surface area contributed by atoms with Crippen molar-refractivity contribution < 1.29 is 0 Å². The third-order valence-electron chi connectivity index (χ3n) is 4.55. The van der Waals surface area contributed by atoms with Gasteiger partial charge in [-0.1, -0.05) is 6.07 Å². The Balaban J connectivity index is 1.58. The summed E-state index contributed by atoms with van der Waals surface area (Å²) in [4.78, 5) is 27.9. The second-order valence-corrected chi connectivity index (χ2v) is 6.22. The first-order valence-electron chi connectivity index (χ1n) is 8.24. The molecule has 24 heavy (non-hydrogen) atoms. The zero-order valence-corrected chi connectivity index (χ0v) is 13.4. The first-order valence-corrected chi connectivity index (χ1v) is 8.24. The molecule has 0 aromatic carbocycles. The van der Waals surface area contributed by atoms with E-state index < -0.39 is 0 Å². The van der Waals surface area contributed by atoms with Crippen molar-refractivity contribution in [1.29, 1.82) is 0 Å². The van der Waals surface area contributed by atoms with Gasteiger partial charge in [0.2, 0.25) is 0 Å². The van der Waals surface area contributed by atoms with E-state index in [1.807, 2.05) is 18.3 Å². The molecule has 0 amide bonds. The van der Waals surface area contributed by atoms with Crippen LogP contribution in [-0.4, -0.2) is 37.5 Å². The lowest BCUT2D eigenvalue weighted by Gasteiger charge is -2.33. The molecular weight excluding hydrogens is 302 g/mol. The Morgan fingerprint density at radius 3 is 2.96 bits per heavy atom. The first kappa shape index (κ1) is 15.0. The predicted molar refractivity (Wildman–Crippen MR) is 91.6 cm³/mol. The number of aromatic nitrogens is 4. The van der Waals surface area contributed by atoms with E-state index in [1.165, 1.54) is 5.56 Å². The molecule has 0 aliphatic carbocycles. The maximum atomic E-state index is 12.7. The highest BCUT2D eigenvalue weighted by atomic mass is 16.1. The topological polar surface area (TPSA) is 63.9 Å². The predicted octanol–water partition coefficient (Wildman–Crippen LogP) is 2.02. The van der Waals surface area contributed by atoms with E-state index >= 15 is 0 Å². The van der Waals surface area contributed by atoms with E-state index in [9.17, 15) is 4.79 Å². The molecule has 4 heterocycles. The Kier molecular flexibility index (Phi) is 4.04. The van der Waals surface area contributed by atoms with Gasteiger partial charge < -0.3 is 0 Å². The molecule has 6 nitrogen and oxygen atoms in total. The van der Waals surface area contributed by atoms with Gasteiger partial charge in [-0.3, -0.25) is 19.2 Å². The fraction of sp³-hybridized carbons (Fsp3) is 0.333. The Hall–Kier alpha value is -2.60. The number of likely N-dealkylation sites (tertiary alicyclic amines) is 1. The fourth-order valence-electron chi connectivity index (χ4n) is 3.38. The summed E-state index contributed by atoms with van der Waals surface area (Å²) in [5, 5.41) is 0. The van der Waals surface area contributed by atoms with Crippen LogP contribution in [0.2, 0.25) is 0 Å². The van der Waals surface area contributed by atoms with Crippen LogP contribution in [-0.2, 0) is 6.54 Å². The molecule has 3 aromatic rings. The standard InChI is InChI=1S/C18H19N5O/c24-18-17-16(6-2-8-20-17)21-13-23(18)15-5-3-9-22(12-15)11-14-4-1-7-19-10-14/h1-2,4,6-8,10,13,15H,3,5,9,11-12H2. The summed E-state index contributed by atoms with van der Waals surface area (Å²) in [7, 11) is 0. The lowest BCUT2D eigenvalue weighted by Crippen LogP contribution is -2.39. The number of nitrogens with zero attached hydrogens (tertiary/aromatic N) is 5. The van der Waals surface area contributed by atoms with E-state index in [0.29, 0.717) is 11.0 Å². The van der Waals surface area contributed by atoms with Gasteiger partial charge in [-0.25, -0.2) is 9.97 Å². The fourth-order valence-corrected chi connectivity index (χ4v) is 3.38. The molecule has 0 radical (unpaired) electrons. The van der Waals surface area contributed by atoms with Gasteiger partial charge >= 0.3 is 0 Å². The van der Waals surface area contributed by atoms with Crippen LogP contribution in [0.3, 0.4) is 0 Å². The van der Waals surface area contributed by atoms with Crippen LogP contribution >= 0.6 is 0 Å². The van der Waals surface area contributed by atoms with Gasteiger partial charge in [-0.2, -0.15) is 0 Å². The Bertz CT molecular complexity index is 893. The average molecular weight is 321 g/mol. The third-order valence-corrected chi connectivity index (χ3v) is 4.55. The first-order chi connectivity index (χ1) is 11.8. The summed E-state index contributed by atoms with van der Waals surface area (Å²) in [6.45, 7) is 2.74. The van der Waals surface area contributed by atoms with Crippen molar-refractivity contribution in [2.24, 2.45) is 0 Å². The molecule has 1 unspecified atom stereocenters. The van der Waals surface area contributed by atoms with Crippen molar-refractivity contribution in [3.8, 4) is 0 Å². The largest absolute Gasteiger partial charge is 0.297 e. The van der Waals surface area contributed by atoms with Crippen molar-refractivity contribution in [2.75, 3.05) is 13.1 Å². The molecule has 1 aliphatic heterocycles. The summed E-state index contributed by atoms with van der Waals surface area (Å²) in [5.74, 6) is 0. The van der Waals surface area contributed by atoms with Gasteiger partial charge in [0.15, 0.2) is 5.52 Å². The maximum Gasteiger partial charge on any atom is 0.280 e. The molecule has 1 saturated heterocycles. The second-order valence-electron chi connectivity index (χ2n) is 6.22. The highest BCUT2D eigenvalue weighted by Crippen LogP contribution is 2.21. The lowest BCUT2D eigenvalue weighted by atomic mass is 10.0. The maximum absolute atomic E-state index is 12.7. The number of pyridine rings is 2. The number of hydrogen-bond donors (Lipinski definition) is 0. The van der Waals surface area contributed by atoms with Gasteiger partial charge in [-0.15, -0.1) is 0 Å². The molecule has 0 saturated carbocycles. The Morgan fingerprint density at radius 1 is 1.17 bits per heavy atom. The van der Waals surface area contributed by atoms with Crippen LogP contribution in [0.1, 0.15) is 24.4 Å². The van der Waals surface area contributed by atoms with Gasteiger partial charge in [0.05, 0.1) is 17.9 Å². The van der Waals surface area contributed by atoms with Gasteiger partial charge in [0.1, 0.15) is 0 Å². The second kappa shape index (κ2) is 6.49. The Morgan fingerprint density at radius 2 is 2.08 bits per heavy atom. The molecule has 0 spiro atoms. The summed E-state index contributed by atoms with van der Waals surface area (Å²) < 4.78 is 1.75. The molecule has 6 heteroatoms. The highest BCUT2D eigenvalue weighted by molar-refractivity contribution is 5.71. The SMILES string of the molecule is O=c1c2ncccc2ncn1C1CCCN(Cc2cccnc2)C1. The minimum atomic E-state index is -0.0474. The molecule has 1 fully saturated rings. The molecule has 1 aliphatic rings. The van der Waals surface area contributed by atoms with E-state index in [1.54, 1.807) is 29.4 Å². The normalized spacial score (nSPS) is 18.8. The van der Waals surface area contributed by atoms with E-state index in [4.69, 9.17) is 0 Å². The van der Waals surface area contributed by atoms with Crippen LogP contribution in [0.4, 0.5) is 0 Å². The smallest absolute Gasteiger partial charge is 0.280 e. The van der Waals surface area contributed by atoms with Crippen molar-refractivity contribution in [2.45, 2.75) is 25.4 Å². The minimum absolute atomic E-state index is 0.0474. The van der Waals surface area contributed by atoms with Crippen LogP contribution in [0, 0.1) is 0 Å². The zero-order valence-electron chi connectivity index (χ0n) is 13.4. The summed E-state index contributed by atoms with van der Waals surface area (Å²) >= 11 is 0. The van der Waals surface area contributed by atoms with Crippen LogP contribution in [0.25, 0.3) is 11.0 Å². The average Bonchev–Trinajstić information content (AvgIpc) is 2.63. The number of rotatable bonds is 3. The summed E-state index contributed by atoms with van der Waals surface area (Å²) in [5.41, 5.74) is 2.25. The third kappa shape index (κ3) is 2.92. The van der Waals surface area contributed by atoms with Crippen LogP contribution in [0.15, 0.2) is 54.0 Å². The van der Waals surface area contributed by atoms with Crippen LogP contribution in [0.5, 0.6) is 0 Å². The molecular formula is C18H19N5O. The van der Waals surface area contributed by atoms with Gasteiger partial charge in [0, 0.05) is 31.7 Å². The zero-order chi connectivity index (χ0) is 16.4. The number of fused-ring (bicyclic) bond motifs is 1. The minimum Gasteiger partial charge on any atom is -0.297 e. The number of piperidine rings is 1. The Labute approximate surface area is 139 Å². The summed E-state index contributed by atoms with van der Waals surface area (Å²) in [6, 6.07) is 7.81. The van der Waals surface area contributed by atoms with Crippen molar-refractivity contribution in [3.63, 3.8) is 0 Å². The quantitative estimate of drug-likeness (QED) is 0.738. The molecule has 3 aromatic heterocycles. The number of hydrogen-bond acceptors (Lipinski definition) is 5. The van der Waals surface area contributed by atoms with Crippen molar-refractivity contribution >= 4 is 11.0 Å². The highest BCUT2D eigenvalue weighted by Gasteiger charge is 2.23. The molecule has 0 bridgehead atoms. The van der Waals surface area contributed by atoms with Gasteiger partial charge in [-0.05, 0) is 43.1 Å². The summed E-state index contributed by atoms with van der Waals surface area (Å²) in [6.07, 6.45) is 9.06. The van der Waals surface area contributed by atoms with E-state index in [2.05, 4.69) is 25.9 Å². The van der Waals surface area contributed by atoms with Crippen molar-refractivity contribution in [3.05, 3.63) is 65.1 Å².